The van der Waals surface area contributed by atoms with Gasteiger partial charge in [0.2, 0.25) is 0 Å². The number of nitrogens with one attached hydrogen (secondary N) is 1. The van der Waals surface area contributed by atoms with Gasteiger partial charge in [0.15, 0.2) is 0 Å². The number of rotatable bonds is 5. The second-order valence-electron chi connectivity index (χ2n) is 3.95. The summed E-state index contributed by atoms with van der Waals surface area (Å²) in [6.45, 7) is 0.670. The summed E-state index contributed by atoms with van der Waals surface area (Å²) < 4.78 is 2.52. The minimum atomic E-state index is -0.475. The monoisotopic (exact) mass is 325 g/mol. The summed E-state index contributed by atoms with van der Waals surface area (Å²) in [7, 11) is 1.93. The van der Waals surface area contributed by atoms with E-state index in [4.69, 9.17) is 0 Å². The number of imidazole rings is 1. The summed E-state index contributed by atoms with van der Waals surface area (Å²) in [4.78, 5) is 18.2. The van der Waals surface area contributed by atoms with E-state index in [9.17, 15) is 10.1 Å². The number of hydrogen-bond donors (Lipinski definition) is 1. The maximum Gasteiger partial charge on any atom is 0.288 e. The van der Waals surface area contributed by atoms with E-state index < -0.39 is 4.92 Å². The van der Waals surface area contributed by atoms with Crippen molar-refractivity contribution in [3.05, 3.63) is 45.1 Å². The molecule has 0 unspecified atom stereocenters. The second kappa shape index (κ2) is 5.79. The van der Waals surface area contributed by atoms with Gasteiger partial charge in [-0.25, -0.2) is 9.97 Å². The zero-order valence-corrected chi connectivity index (χ0v) is 11.8. The van der Waals surface area contributed by atoms with E-state index in [0.717, 1.165) is 12.1 Å². The van der Waals surface area contributed by atoms with Crippen LogP contribution in [0.25, 0.3) is 0 Å². The predicted molar refractivity (Wildman–Crippen MR) is 74.0 cm³/mol. The molecule has 2 rings (SSSR count). The lowest BCUT2D eigenvalue weighted by Gasteiger charge is -2.07. The quantitative estimate of drug-likeness (QED) is 0.672. The van der Waals surface area contributed by atoms with Crippen LogP contribution in [0.1, 0.15) is 5.69 Å². The van der Waals surface area contributed by atoms with E-state index in [-0.39, 0.29) is 5.69 Å². The van der Waals surface area contributed by atoms with Crippen LogP contribution < -0.4 is 5.32 Å². The fraction of sp³-hybridized carbons (Fsp3) is 0.273. The highest BCUT2D eigenvalue weighted by Crippen LogP contribution is 2.24. The molecule has 0 aliphatic carbocycles. The highest BCUT2D eigenvalue weighted by atomic mass is 79.9. The number of halogens is 1. The third kappa shape index (κ3) is 3.28. The fourth-order valence-electron chi connectivity index (χ4n) is 1.59. The molecule has 0 aliphatic heterocycles. The first-order valence-electron chi connectivity index (χ1n) is 5.57. The molecular weight excluding hydrogens is 314 g/mol. The number of pyridine rings is 1. The average Bonchev–Trinajstić information content (AvgIpc) is 2.77. The number of aromatic nitrogens is 3. The average molecular weight is 326 g/mol. The number of aryl methyl sites for hydroxylation is 1. The number of hydrogen-bond acceptors (Lipinski definition) is 5. The fourth-order valence-corrected chi connectivity index (χ4v) is 2.07. The first-order valence-corrected chi connectivity index (χ1v) is 6.36. The van der Waals surface area contributed by atoms with Gasteiger partial charge in [-0.15, -0.1) is 0 Å². The minimum absolute atomic E-state index is 0.0379. The Hall–Kier alpha value is -1.96. The molecule has 8 heteroatoms. The molecule has 2 heterocycles. The normalized spacial score (nSPS) is 10.4. The van der Waals surface area contributed by atoms with Crippen molar-refractivity contribution in [3.63, 3.8) is 0 Å². The predicted octanol–water partition coefficient (Wildman–Crippen LogP) is 2.14. The summed E-state index contributed by atoms with van der Waals surface area (Å²) in [6.07, 6.45) is 5.58. The summed E-state index contributed by atoms with van der Waals surface area (Å²) in [5.74, 6) is 0.591. The van der Waals surface area contributed by atoms with Gasteiger partial charge in [-0.05, 0) is 15.9 Å². The third-order valence-electron chi connectivity index (χ3n) is 2.63. The summed E-state index contributed by atoms with van der Waals surface area (Å²) >= 11 is 3.26. The first kappa shape index (κ1) is 13.5. The molecule has 0 spiro atoms. The zero-order valence-electron chi connectivity index (χ0n) is 10.2. The van der Waals surface area contributed by atoms with Crippen LogP contribution in [0, 0.1) is 10.1 Å². The number of nitro groups is 1. The molecule has 7 nitrogen and oxygen atoms in total. The molecule has 100 valence electrons. The number of nitrogens with zero attached hydrogens (tertiary/aromatic N) is 4. The SMILES string of the molecule is Cn1cncc1CCNc1ncc([N+](=O)[O-])cc1Br. The van der Waals surface area contributed by atoms with E-state index in [1.54, 1.807) is 12.5 Å². The highest BCUT2D eigenvalue weighted by Gasteiger charge is 2.10. The third-order valence-corrected chi connectivity index (χ3v) is 3.23. The van der Waals surface area contributed by atoms with Crippen LogP contribution in [0.2, 0.25) is 0 Å². The van der Waals surface area contributed by atoms with Crippen LogP contribution in [0.3, 0.4) is 0 Å². The Morgan fingerprint density at radius 1 is 1.53 bits per heavy atom. The van der Waals surface area contributed by atoms with Crippen molar-refractivity contribution in [1.82, 2.24) is 14.5 Å². The smallest absolute Gasteiger partial charge is 0.288 e. The van der Waals surface area contributed by atoms with Crippen molar-refractivity contribution < 1.29 is 4.92 Å². The maximum atomic E-state index is 10.6. The Morgan fingerprint density at radius 2 is 2.32 bits per heavy atom. The maximum absolute atomic E-state index is 10.6. The largest absolute Gasteiger partial charge is 0.369 e. The van der Waals surface area contributed by atoms with Crippen molar-refractivity contribution in [2.45, 2.75) is 6.42 Å². The molecule has 0 fully saturated rings. The molecule has 0 bridgehead atoms. The van der Waals surface area contributed by atoms with Gasteiger partial charge in [0.05, 0.1) is 15.7 Å². The van der Waals surface area contributed by atoms with Crippen molar-refractivity contribution in [2.24, 2.45) is 7.05 Å². The summed E-state index contributed by atoms with van der Waals surface area (Å²) in [6, 6.07) is 1.43. The summed E-state index contributed by atoms with van der Waals surface area (Å²) in [5.41, 5.74) is 1.06. The van der Waals surface area contributed by atoms with Gasteiger partial charge in [-0.2, -0.15) is 0 Å². The lowest BCUT2D eigenvalue weighted by molar-refractivity contribution is -0.385. The Balaban J connectivity index is 1.96. The van der Waals surface area contributed by atoms with Gasteiger partial charge in [0.25, 0.3) is 5.69 Å². The second-order valence-corrected chi connectivity index (χ2v) is 4.81. The molecule has 0 saturated heterocycles. The van der Waals surface area contributed by atoms with E-state index in [2.05, 4.69) is 31.2 Å². The standard InChI is InChI=1S/C11H12BrN5O2/c1-16-7-13-5-8(16)2-3-14-11-10(12)4-9(6-15-11)17(18)19/h4-7H,2-3H2,1H3,(H,14,15). The van der Waals surface area contributed by atoms with Gasteiger partial charge in [0, 0.05) is 38.0 Å². The van der Waals surface area contributed by atoms with Crippen LogP contribution in [0.15, 0.2) is 29.3 Å². The molecule has 2 aromatic rings. The van der Waals surface area contributed by atoms with Crippen molar-refractivity contribution in [2.75, 3.05) is 11.9 Å². The zero-order chi connectivity index (χ0) is 13.8. The Labute approximate surface area is 118 Å². The Kier molecular flexibility index (Phi) is 4.10. The molecule has 0 aromatic carbocycles. The summed E-state index contributed by atoms with van der Waals surface area (Å²) in [5, 5.41) is 13.7. The van der Waals surface area contributed by atoms with Crippen LogP contribution in [0.4, 0.5) is 11.5 Å². The topological polar surface area (TPSA) is 85.9 Å². The van der Waals surface area contributed by atoms with Crippen LogP contribution in [-0.4, -0.2) is 26.0 Å². The minimum Gasteiger partial charge on any atom is -0.369 e. The van der Waals surface area contributed by atoms with E-state index >= 15 is 0 Å². The molecule has 0 aliphatic rings. The van der Waals surface area contributed by atoms with E-state index in [1.807, 2.05) is 11.6 Å². The van der Waals surface area contributed by atoms with Gasteiger partial charge >= 0.3 is 0 Å². The van der Waals surface area contributed by atoms with Crippen molar-refractivity contribution >= 4 is 27.4 Å². The Morgan fingerprint density at radius 3 is 2.89 bits per heavy atom. The van der Waals surface area contributed by atoms with Gasteiger partial charge < -0.3 is 9.88 Å². The number of anilines is 1. The van der Waals surface area contributed by atoms with Gasteiger partial charge in [-0.3, -0.25) is 10.1 Å². The van der Waals surface area contributed by atoms with E-state index in [0.29, 0.717) is 16.8 Å². The molecule has 0 radical (unpaired) electrons. The molecule has 0 saturated carbocycles. The van der Waals surface area contributed by atoms with E-state index in [1.165, 1.54) is 12.3 Å². The van der Waals surface area contributed by atoms with Gasteiger partial charge in [0.1, 0.15) is 12.0 Å². The van der Waals surface area contributed by atoms with Crippen LogP contribution in [-0.2, 0) is 13.5 Å². The van der Waals surface area contributed by atoms with Crippen molar-refractivity contribution in [1.29, 1.82) is 0 Å². The van der Waals surface area contributed by atoms with Crippen molar-refractivity contribution in [3.8, 4) is 0 Å². The van der Waals surface area contributed by atoms with Gasteiger partial charge in [-0.1, -0.05) is 0 Å². The lowest BCUT2D eigenvalue weighted by atomic mass is 10.3. The highest BCUT2D eigenvalue weighted by molar-refractivity contribution is 9.10. The first-order chi connectivity index (χ1) is 9.08. The molecule has 0 amide bonds. The molecule has 0 atom stereocenters. The lowest BCUT2D eigenvalue weighted by Crippen LogP contribution is -2.09. The molecule has 2 aromatic heterocycles. The molecule has 1 N–H and O–H groups in total. The van der Waals surface area contributed by atoms with Crippen LogP contribution >= 0.6 is 15.9 Å². The van der Waals surface area contributed by atoms with Crippen LogP contribution in [0.5, 0.6) is 0 Å². The molecular formula is C11H12BrN5O2. The molecule has 19 heavy (non-hydrogen) atoms. The Bertz CT molecular complexity index is 599.